The summed E-state index contributed by atoms with van der Waals surface area (Å²) >= 11 is 0. The van der Waals surface area contributed by atoms with Crippen LogP contribution >= 0.6 is 0 Å². The fraction of sp³-hybridized carbons (Fsp3) is 0.407. The van der Waals surface area contributed by atoms with Gasteiger partial charge in [0.2, 0.25) is 0 Å². The molecule has 1 aliphatic rings. The molecule has 0 aliphatic heterocycles. The zero-order valence-corrected chi connectivity index (χ0v) is 17.9. The molecule has 2 aromatic rings. The molecule has 1 atom stereocenters. The van der Waals surface area contributed by atoms with Gasteiger partial charge in [0.15, 0.2) is 5.67 Å². The Hall–Kier alpha value is -2.42. The predicted octanol–water partition coefficient (Wildman–Crippen LogP) is 8.16. The Bertz CT molecular complexity index is 871. The van der Waals surface area contributed by atoms with Crippen LogP contribution in [0.3, 0.4) is 0 Å². The van der Waals surface area contributed by atoms with Gasteiger partial charge < -0.3 is 4.74 Å². The van der Waals surface area contributed by atoms with Crippen molar-refractivity contribution in [2.75, 3.05) is 6.61 Å². The number of allylic oxidation sites excluding steroid dienone is 4. The van der Waals surface area contributed by atoms with Crippen LogP contribution in [0.4, 0.5) is 8.78 Å². The molecule has 1 nitrogen and oxygen atoms in total. The maximum atomic E-state index is 16.1. The van der Waals surface area contributed by atoms with E-state index < -0.39 is 11.5 Å². The molecule has 30 heavy (non-hydrogen) atoms. The number of halogens is 2. The lowest BCUT2D eigenvalue weighted by molar-refractivity contribution is 0.249. The second kappa shape index (κ2) is 11.1. The van der Waals surface area contributed by atoms with Crippen LogP contribution < -0.4 is 4.74 Å². The molecule has 3 rings (SSSR count). The summed E-state index contributed by atoms with van der Waals surface area (Å²) in [7, 11) is 0. The zero-order valence-electron chi connectivity index (χ0n) is 17.9. The van der Waals surface area contributed by atoms with Crippen molar-refractivity contribution in [2.24, 2.45) is 0 Å². The molecule has 0 saturated heterocycles. The van der Waals surface area contributed by atoms with Crippen molar-refractivity contribution in [2.45, 2.75) is 64.0 Å². The van der Waals surface area contributed by atoms with Crippen molar-refractivity contribution >= 4 is 5.57 Å². The van der Waals surface area contributed by atoms with E-state index in [1.165, 1.54) is 50.7 Å². The third-order valence-electron chi connectivity index (χ3n) is 5.67. The van der Waals surface area contributed by atoms with Crippen LogP contribution in [0.15, 0.2) is 66.8 Å². The topological polar surface area (TPSA) is 9.23 Å². The molecule has 3 heteroatoms. The molecule has 1 aliphatic carbocycles. The summed E-state index contributed by atoms with van der Waals surface area (Å²) in [6, 6.07) is 13.4. The number of hydrogen-bond acceptors (Lipinski definition) is 1. The van der Waals surface area contributed by atoms with E-state index >= 15 is 4.39 Å². The second-order valence-corrected chi connectivity index (χ2v) is 8.02. The number of alkyl halides is 1. The number of ether oxygens (including phenoxy) is 1. The highest BCUT2D eigenvalue weighted by Crippen LogP contribution is 2.45. The van der Waals surface area contributed by atoms with Crippen molar-refractivity contribution < 1.29 is 13.5 Å². The maximum Gasteiger partial charge on any atom is 0.165 e. The van der Waals surface area contributed by atoms with Gasteiger partial charge in [0.1, 0.15) is 11.6 Å². The van der Waals surface area contributed by atoms with Crippen molar-refractivity contribution in [3.8, 4) is 5.75 Å². The fourth-order valence-electron chi connectivity index (χ4n) is 3.97. The molecule has 0 N–H and O–H groups in total. The molecule has 0 spiro atoms. The van der Waals surface area contributed by atoms with Crippen LogP contribution in [0.5, 0.6) is 5.75 Å². The third kappa shape index (κ3) is 5.81. The SMILES string of the molecule is CCCCCCCCCOc1cccc(C2=CC=CCC2(F)c2cccc(F)c2)c1. The summed E-state index contributed by atoms with van der Waals surface area (Å²) in [5, 5.41) is 0. The highest BCUT2D eigenvalue weighted by Gasteiger charge is 2.37. The first-order chi connectivity index (χ1) is 14.6. The molecule has 0 bridgehead atoms. The first kappa shape index (κ1) is 22.3. The second-order valence-electron chi connectivity index (χ2n) is 8.02. The number of rotatable bonds is 11. The Balaban J connectivity index is 1.64. The average Bonchev–Trinajstić information content (AvgIpc) is 2.76. The molecule has 0 radical (unpaired) electrons. The van der Waals surface area contributed by atoms with Crippen LogP contribution in [0.1, 0.15) is 69.4 Å². The van der Waals surface area contributed by atoms with Crippen molar-refractivity contribution in [1.82, 2.24) is 0 Å². The monoisotopic (exact) mass is 410 g/mol. The van der Waals surface area contributed by atoms with Gasteiger partial charge in [0.25, 0.3) is 0 Å². The average molecular weight is 411 g/mol. The van der Waals surface area contributed by atoms with Gasteiger partial charge in [-0.05, 0) is 41.8 Å². The third-order valence-corrected chi connectivity index (χ3v) is 5.67. The molecule has 0 aromatic heterocycles. The molecule has 2 aromatic carbocycles. The molecule has 160 valence electrons. The van der Waals surface area contributed by atoms with Gasteiger partial charge in [-0.25, -0.2) is 8.78 Å². The van der Waals surface area contributed by atoms with E-state index in [4.69, 9.17) is 4.74 Å². The van der Waals surface area contributed by atoms with Crippen LogP contribution in [-0.4, -0.2) is 6.61 Å². The molecule has 0 amide bonds. The molecular formula is C27H32F2O. The van der Waals surface area contributed by atoms with E-state index in [2.05, 4.69) is 6.92 Å². The molecule has 0 saturated carbocycles. The first-order valence-electron chi connectivity index (χ1n) is 11.2. The Morgan fingerprint density at radius 2 is 1.70 bits per heavy atom. The van der Waals surface area contributed by atoms with E-state index in [0.717, 1.165) is 17.7 Å². The van der Waals surface area contributed by atoms with Crippen LogP contribution in [0.25, 0.3) is 5.57 Å². The first-order valence-corrected chi connectivity index (χ1v) is 11.2. The van der Waals surface area contributed by atoms with E-state index in [9.17, 15) is 4.39 Å². The standard InChI is InChI=1S/C27H32F2O/c1-2-3-4-5-6-7-10-19-30-25-16-11-13-22(20-25)26-17-8-9-18-27(26,29)23-14-12-15-24(28)21-23/h8-9,11-17,20-21H,2-7,10,18-19H2,1H3. The van der Waals surface area contributed by atoms with Crippen LogP contribution in [-0.2, 0) is 5.67 Å². The fourth-order valence-corrected chi connectivity index (χ4v) is 3.97. The minimum absolute atomic E-state index is 0.186. The van der Waals surface area contributed by atoms with Crippen LogP contribution in [0, 0.1) is 5.82 Å². The van der Waals surface area contributed by atoms with Gasteiger partial charge in [-0.3, -0.25) is 0 Å². The number of benzene rings is 2. The summed E-state index contributed by atoms with van der Waals surface area (Å²) in [4.78, 5) is 0. The van der Waals surface area contributed by atoms with Gasteiger partial charge >= 0.3 is 0 Å². The van der Waals surface area contributed by atoms with E-state index in [0.29, 0.717) is 17.7 Å². The summed E-state index contributed by atoms with van der Waals surface area (Å²) < 4.78 is 35.8. The quantitative estimate of drug-likeness (QED) is 0.340. The van der Waals surface area contributed by atoms with Crippen molar-refractivity contribution in [3.05, 3.63) is 83.7 Å². The van der Waals surface area contributed by atoms with Crippen molar-refractivity contribution in [3.63, 3.8) is 0 Å². The summed E-state index contributed by atoms with van der Waals surface area (Å²) in [5.41, 5.74) is -0.110. The molecule has 0 heterocycles. The zero-order chi connectivity index (χ0) is 21.2. The smallest absolute Gasteiger partial charge is 0.165 e. The highest BCUT2D eigenvalue weighted by molar-refractivity contribution is 5.77. The Morgan fingerprint density at radius 3 is 2.50 bits per heavy atom. The van der Waals surface area contributed by atoms with Gasteiger partial charge in [0, 0.05) is 12.0 Å². The molecule has 0 fully saturated rings. The lowest BCUT2D eigenvalue weighted by Crippen LogP contribution is -2.23. The Kier molecular flexibility index (Phi) is 8.24. The van der Waals surface area contributed by atoms with Crippen molar-refractivity contribution in [1.29, 1.82) is 0 Å². The van der Waals surface area contributed by atoms with E-state index in [1.54, 1.807) is 24.3 Å². The van der Waals surface area contributed by atoms with Gasteiger partial charge in [0.05, 0.1) is 6.61 Å². The normalized spacial score (nSPS) is 18.3. The molecule has 1 unspecified atom stereocenters. The Labute approximate surface area is 179 Å². The predicted molar refractivity (Wildman–Crippen MR) is 121 cm³/mol. The minimum Gasteiger partial charge on any atom is -0.494 e. The maximum absolute atomic E-state index is 16.1. The Morgan fingerprint density at radius 1 is 0.933 bits per heavy atom. The molecular weight excluding hydrogens is 378 g/mol. The lowest BCUT2D eigenvalue weighted by Gasteiger charge is -2.30. The summed E-state index contributed by atoms with van der Waals surface area (Å²) in [5.74, 6) is 0.320. The highest BCUT2D eigenvalue weighted by atomic mass is 19.1. The van der Waals surface area contributed by atoms with E-state index in [1.807, 2.05) is 30.3 Å². The number of hydrogen-bond donors (Lipinski definition) is 0. The summed E-state index contributed by atoms with van der Waals surface area (Å²) in [6.07, 6.45) is 14.3. The van der Waals surface area contributed by atoms with Crippen LogP contribution in [0.2, 0.25) is 0 Å². The van der Waals surface area contributed by atoms with E-state index in [-0.39, 0.29) is 6.42 Å². The summed E-state index contributed by atoms with van der Waals surface area (Å²) in [6.45, 7) is 2.90. The van der Waals surface area contributed by atoms with Gasteiger partial charge in [-0.15, -0.1) is 0 Å². The van der Waals surface area contributed by atoms with Gasteiger partial charge in [-0.1, -0.05) is 87.9 Å². The van der Waals surface area contributed by atoms with Gasteiger partial charge in [-0.2, -0.15) is 0 Å². The largest absolute Gasteiger partial charge is 0.494 e. The lowest BCUT2D eigenvalue weighted by atomic mass is 9.79. The number of unbranched alkanes of at least 4 members (excludes halogenated alkanes) is 6. The minimum atomic E-state index is -1.76.